The summed E-state index contributed by atoms with van der Waals surface area (Å²) in [5, 5.41) is 7.98. The number of rotatable bonds is 3. The molecule has 0 aliphatic rings. The number of hydrogen-bond acceptors (Lipinski definition) is 2. The number of hydrogen-bond donors (Lipinski definition) is 2. The van der Waals surface area contributed by atoms with Crippen LogP contribution < -0.4 is 4.72 Å². The van der Waals surface area contributed by atoms with Crippen LogP contribution in [0.3, 0.4) is 0 Å². The molecule has 0 rings (SSSR count). The second-order valence-electron chi connectivity index (χ2n) is 0.701. The molecule has 0 bridgehead atoms. The Morgan fingerprint density at radius 3 is 2.67 bits per heavy atom. The van der Waals surface area contributed by atoms with E-state index < -0.39 is 0 Å². The highest BCUT2D eigenvalue weighted by atomic mass is 32.2. The van der Waals surface area contributed by atoms with Crippen molar-refractivity contribution in [3.8, 4) is 0 Å². The molecule has 0 atom stereocenters. The molecule has 0 amide bonds. The van der Waals surface area contributed by atoms with Gasteiger partial charge in [0.2, 0.25) is 0 Å². The van der Waals surface area contributed by atoms with Crippen molar-refractivity contribution in [1.82, 2.24) is 4.72 Å². The molecule has 0 unspecified atom stereocenters. The van der Waals surface area contributed by atoms with E-state index in [2.05, 4.69) is 4.72 Å². The standard InChI is InChI=1S/C2H6NO2S/c4-2-1-3-6-5/h4H,1-2H2,(H,3,5)/q+1. The van der Waals surface area contributed by atoms with E-state index in [4.69, 9.17) is 5.11 Å². The topological polar surface area (TPSA) is 49.3 Å². The Morgan fingerprint density at radius 2 is 2.50 bits per heavy atom. The van der Waals surface area contributed by atoms with Gasteiger partial charge in [0.1, 0.15) is 0 Å². The van der Waals surface area contributed by atoms with E-state index in [0.717, 1.165) is 0 Å². The lowest BCUT2D eigenvalue weighted by atomic mass is 10.8. The normalized spacial score (nSPS) is 8.17. The fraction of sp³-hybridized carbons (Fsp3) is 1.00. The van der Waals surface area contributed by atoms with Crippen LogP contribution in [-0.2, 0) is 16.1 Å². The van der Waals surface area contributed by atoms with Gasteiger partial charge in [-0.3, -0.25) is 0 Å². The maximum atomic E-state index is 9.38. The van der Waals surface area contributed by atoms with Gasteiger partial charge < -0.3 is 5.11 Å². The largest absolute Gasteiger partial charge is 0.587 e. The number of nitrogens with one attached hydrogen (secondary N) is 1. The lowest BCUT2D eigenvalue weighted by Crippen LogP contribution is -2.11. The van der Waals surface area contributed by atoms with E-state index in [0.29, 0.717) is 6.54 Å². The second-order valence-corrected chi connectivity index (χ2v) is 1.16. The van der Waals surface area contributed by atoms with Gasteiger partial charge in [0, 0.05) is 0 Å². The van der Waals surface area contributed by atoms with Crippen molar-refractivity contribution in [3.63, 3.8) is 0 Å². The minimum absolute atomic E-state index is 0.0231. The highest BCUT2D eigenvalue weighted by molar-refractivity contribution is 7.63. The summed E-state index contributed by atoms with van der Waals surface area (Å²) in [5.74, 6) is 0. The third-order valence-corrected chi connectivity index (χ3v) is 0.595. The van der Waals surface area contributed by atoms with E-state index >= 15 is 0 Å². The fourth-order valence-electron chi connectivity index (χ4n) is 0.0873. The Kier molecular flexibility index (Phi) is 4.89. The quantitative estimate of drug-likeness (QED) is 0.274. The molecule has 0 aromatic heterocycles. The molecule has 0 aliphatic carbocycles. The highest BCUT2D eigenvalue weighted by Crippen LogP contribution is 1.47. The molecule has 36 valence electrons. The monoisotopic (exact) mass is 108 g/mol. The van der Waals surface area contributed by atoms with Crippen LogP contribution in [0.4, 0.5) is 0 Å². The third kappa shape index (κ3) is 3.94. The Hall–Kier alpha value is -0.0600. The molecule has 0 saturated carbocycles. The molecule has 0 spiro atoms. The zero-order chi connectivity index (χ0) is 4.83. The average molecular weight is 108 g/mol. The van der Waals surface area contributed by atoms with Crippen LogP contribution in [0.5, 0.6) is 0 Å². The first kappa shape index (κ1) is 5.94. The highest BCUT2D eigenvalue weighted by Gasteiger charge is 1.89. The number of aliphatic hydroxyl groups is 1. The van der Waals surface area contributed by atoms with E-state index in [1.54, 1.807) is 0 Å². The first-order valence-corrected chi connectivity index (χ1v) is 2.28. The van der Waals surface area contributed by atoms with Gasteiger partial charge in [-0.05, 0) is 4.72 Å². The van der Waals surface area contributed by atoms with Gasteiger partial charge in [0.25, 0.3) is 0 Å². The van der Waals surface area contributed by atoms with Crippen LogP contribution in [0.2, 0.25) is 0 Å². The van der Waals surface area contributed by atoms with E-state index in [-0.39, 0.29) is 18.5 Å². The van der Waals surface area contributed by atoms with E-state index in [9.17, 15) is 4.21 Å². The zero-order valence-corrected chi connectivity index (χ0v) is 3.99. The minimum Gasteiger partial charge on any atom is -0.395 e. The third-order valence-electron chi connectivity index (χ3n) is 0.273. The molecular weight excluding hydrogens is 102 g/mol. The first-order valence-electron chi connectivity index (χ1n) is 1.54. The Labute approximate surface area is 40.0 Å². The van der Waals surface area contributed by atoms with Gasteiger partial charge in [-0.2, -0.15) is 0 Å². The molecule has 2 N–H and O–H groups in total. The lowest BCUT2D eigenvalue weighted by molar-refractivity contribution is 0.302. The summed E-state index contributed by atoms with van der Waals surface area (Å²) in [5.41, 5.74) is 0. The van der Waals surface area contributed by atoms with Crippen molar-refractivity contribution in [2.75, 3.05) is 13.2 Å². The van der Waals surface area contributed by atoms with Gasteiger partial charge in [-0.25, -0.2) is 0 Å². The first-order chi connectivity index (χ1) is 2.91. The molecule has 0 aromatic rings. The van der Waals surface area contributed by atoms with E-state index in [1.807, 2.05) is 0 Å². The molecule has 4 heteroatoms. The Bertz CT molecular complexity index is 40.5. The smallest absolute Gasteiger partial charge is 0.395 e. The van der Waals surface area contributed by atoms with Crippen molar-refractivity contribution in [1.29, 1.82) is 0 Å². The van der Waals surface area contributed by atoms with Crippen molar-refractivity contribution < 1.29 is 9.32 Å². The van der Waals surface area contributed by atoms with Crippen LogP contribution >= 0.6 is 0 Å². The second kappa shape index (κ2) is 4.94. The van der Waals surface area contributed by atoms with Crippen molar-refractivity contribution in [2.24, 2.45) is 0 Å². The maximum Gasteiger partial charge on any atom is 0.587 e. The summed E-state index contributed by atoms with van der Waals surface area (Å²) < 4.78 is 11.7. The summed E-state index contributed by atoms with van der Waals surface area (Å²) >= 11 is 0.266. The Balaban J connectivity index is 2.49. The minimum atomic E-state index is 0.0231. The molecule has 3 nitrogen and oxygen atoms in total. The van der Waals surface area contributed by atoms with Crippen molar-refractivity contribution >= 4 is 11.9 Å². The number of aliphatic hydroxyl groups excluding tert-OH is 1. The lowest BCUT2D eigenvalue weighted by Gasteiger charge is -1.72. The van der Waals surface area contributed by atoms with Crippen LogP contribution in [0.1, 0.15) is 0 Å². The van der Waals surface area contributed by atoms with Crippen molar-refractivity contribution in [3.05, 3.63) is 0 Å². The molecule has 0 fully saturated rings. The zero-order valence-electron chi connectivity index (χ0n) is 3.18. The molecule has 0 heterocycles. The van der Waals surface area contributed by atoms with E-state index in [1.165, 1.54) is 0 Å². The van der Waals surface area contributed by atoms with Crippen molar-refractivity contribution in [2.45, 2.75) is 0 Å². The predicted molar refractivity (Wildman–Crippen MR) is 23.1 cm³/mol. The van der Waals surface area contributed by atoms with Gasteiger partial charge in [0.05, 0.1) is 17.4 Å². The molecule has 0 aliphatic heterocycles. The van der Waals surface area contributed by atoms with Gasteiger partial charge in [-0.15, -0.1) is 0 Å². The SMILES string of the molecule is O=[S+]NCCO. The van der Waals surface area contributed by atoms with Crippen LogP contribution in [0.25, 0.3) is 0 Å². The van der Waals surface area contributed by atoms with Gasteiger partial charge >= 0.3 is 11.9 Å². The molecule has 0 radical (unpaired) electrons. The fourth-order valence-corrected chi connectivity index (χ4v) is 0.262. The maximum absolute atomic E-state index is 9.38. The van der Waals surface area contributed by atoms with Gasteiger partial charge in [0.15, 0.2) is 0 Å². The van der Waals surface area contributed by atoms with Crippen LogP contribution in [0.15, 0.2) is 0 Å². The average Bonchev–Trinajstić information content (AvgIpc) is 1.61. The summed E-state index contributed by atoms with van der Waals surface area (Å²) in [7, 11) is 0. The predicted octanol–water partition coefficient (Wildman–Crippen LogP) is -1.09. The molecule has 0 saturated heterocycles. The van der Waals surface area contributed by atoms with Crippen LogP contribution in [0, 0.1) is 0 Å². The molecule has 0 aromatic carbocycles. The van der Waals surface area contributed by atoms with Gasteiger partial charge in [-0.1, -0.05) is 0 Å². The van der Waals surface area contributed by atoms with Crippen LogP contribution in [-0.4, -0.2) is 18.3 Å². The summed E-state index contributed by atoms with van der Waals surface area (Å²) in [6.07, 6.45) is 0. The summed E-state index contributed by atoms with van der Waals surface area (Å²) in [6, 6.07) is 0. The molecule has 6 heavy (non-hydrogen) atoms. The summed E-state index contributed by atoms with van der Waals surface area (Å²) in [4.78, 5) is 0. The summed E-state index contributed by atoms with van der Waals surface area (Å²) in [6.45, 7) is 0.392. The Morgan fingerprint density at radius 1 is 1.83 bits per heavy atom. The molecular formula is C2H6NO2S+.